The van der Waals surface area contributed by atoms with E-state index < -0.39 is 7.82 Å². The normalized spacial score (nSPS) is 12.2. The third-order valence-electron chi connectivity index (χ3n) is 4.49. The Bertz CT molecular complexity index is 909. The molecule has 0 saturated heterocycles. The lowest BCUT2D eigenvalue weighted by Gasteiger charge is -2.20. The van der Waals surface area contributed by atoms with Gasteiger partial charge in [0.25, 0.3) is 0 Å². The van der Waals surface area contributed by atoms with E-state index in [2.05, 4.69) is 6.07 Å². The molecule has 0 heterocycles. The van der Waals surface area contributed by atoms with Crippen molar-refractivity contribution >= 4 is 20.2 Å². The molecule has 0 fully saturated rings. The molecule has 7 heteroatoms. The van der Waals surface area contributed by atoms with E-state index in [-0.39, 0.29) is 38.3 Å². The molecule has 31 heavy (non-hydrogen) atoms. The average Bonchev–Trinajstić information content (AvgIpc) is 2.77. The fourth-order valence-corrected chi connectivity index (χ4v) is 4.17. The second-order valence-corrected chi connectivity index (χ2v) is 8.88. The summed E-state index contributed by atoms with van der Waals surface area (Å²) < 4.78 is 30.1. The number of hydrogen-bond donors (Lipinski definition) is 1. The number of benzene rings is 3. The Labute approximate surface area is 190 Å². The molecule has 0 spiro atoms. The summed E-state index contributed by atoms with van der Waals surface area (Å²) in [6.45, 7) is 2.35. The Hall–Kier alpha value is -1.98. The Morgan fingerprint density at radius 2 is 1.29 bits per heavy atom. The zero-order chi connectivity index (χ0) is 21.2. The van der Waals surface area contributed by atoms with Crippen molar-refractivity contribution in [2.24, 2.45) is 5.73 Å². The second kappa shape index (κ2) is 12.8. The highest BCUT2D eigenvalue weighted by molar-refractivity contribution is 7.48. The highest BCUT2D eigenvalue weighted by atomic mass is 35.5. The van der Waals surface area contributed by atoms with E-state index in [0.29, 0.717) is 6.42 Å². The van der Waals surface area contributed by atoms with Crippen molar-refractivity contribution in [2.75, 3.05) is 6.61 Å². The summed E-state index contributed by atoms with van der Waals surface area (Å²) in [6, 6.07) is 26.8. The van der Waals surface area contributed by atoms with Crippen LogP contribution < -0.4 is 5.73 Å². The summed E-state index contributed by atoms with van der Waals surface area (Å²) in [6.07, 6.45) is 0.610. The van der Waals surface area contributed by atoms with Gasteiger partial charge in [-0.2, -0.15) is 0 Å². The van der Waals surface area contributed by atoms with Gasteiger partial charge < -0.3 is 5.73 Å². The second-order valence-electron chi connectivity index (χ2n) is 7.21. The van der Waals surface area contributed by atoms with Gasteiger partial charge in [-0.1, -0.05) is 90.5 Å². The zero-order valence-electron chi connectivity index (χ0n) is 17.6. The minimum atomic E-state index is -3.80. The number of hydrogen-bond acceptors (Lipinski definition) is 5. The van der Waals surface area contributed by atoms with Crippen molar-refractivity contribution < 1.29 is 18.1 Å². The lowest BCUT2D eigenvalue weighted by Crippen LogP contribution is -2.28. The number of nitrogens with two attached hydrogens (primary N) is 1. The van der Waals surface area contributed by atoms with Gasteiger partial charge in [-0.15, -0.1) is 12.4 Å². The van der Waals surface area contributed by atoms with Crippen LogP contribution in [0, 0.1) is 6.92 Å². The maximum absolute atomic E-state index is 13.2. The van der Waals surface area contributed by atoms with Crippen LogP contribution in [-0.2, 0) is 37.8 Å². The van der Waals surface area contributed by atoms with Crippen LogP contribution in [-0.4, -0.2) is 12.6 Å². The molecule has 3 aromatic carbocycles. The predicted molar refractivity (Wildman–Crippen MR) is 126 cm³/mol. The Morgan fingerprint density at radius 1 is 0.774 bits per heavy atom. The van der Waals surface area contributed by atoms with Gasteiger partial charge >= 0.3 is 7.82 Å². The topological polar surface area (TPSA) is 70.8 Å². The summed E-state index contributed by atoms with van der Waals surface area (Å²) in [5, 5.41) is 0. The number of halogens is 1. The van der Waals surface area contributed by atoms with Gasteiger partial charge in [0.15, 0.2) is 0 Å². The minimum Gasteiger partial charge on any atom is -0.325 e. The van der Waals surface area contributed by atoms with Gasteiger partial charge in [0.1, 0.15) is 0 Å². The van der Waals surface area contributed by atoms with Gasteiger partial charge in [-0.05, 0) is 30.0 Å². The number of aryl methyl sites for hydroxylation is 1. The first-order valence-electron chi connectivity index (χ1n) is 9.95. The molecule has 0 radical (unpaired) electrons. The van der Waals surface area contributed by atoms with Crippen molar-refractivity contribution in [3.8, 4) is 0 Å². The molecule has 0 aromatic heterocycles. The summed E-state index contributed by atoms with van der Waals surface area (Å²) in [4.78, 5) is 0. The largest absolute Gasteiger partial charge is 0.475 e. The number of rotatable bonds is 11. The highest BCUT2D eigenvalue weighted by Crippen LogP contribution is 2.51. The van der Waals surface area contributed by atoms with Gasteiger partial charge in [-0.3, -0.25) is 13.6 Å². The monoisotopic (exact) mass is 461 g/mol. The fourth-order valence-electron chi connectivity index (χ4n) is 2.96. The SMILES string of the molecule is Cc1cccc(C[C@@H](N)COP(=O)(OCc2ccccc2)OCc2ccccc2)c1.Cl. The van der Waals surface area contributed by atoms with E-state index in [1.807, 2.05) is 85.8 Å². The molecule has 0 unspecified atom stereocenters. The number of phosphoric ester groups is 1. The van der Waals surface area contributed by atoms with Crippen LogP contribution in [0.3, 0.4) is 0 Å². The van der Waals surface area contributed by atoms with Crippen molar-refractivity contribution in [2.45, 2.75) is 32.6 Å². The van der Waals surface area contributed by atoms with E-state index in [9.17, 15) is 4.57 Å². The minimum absolute atomic E-state index is 0. The highest BCUT2D eigenvalue weighted by Gasteiger charge is 2.28. The molecule has 0 bridgehead atoms. The molecule has 0 saturated carbocycles. The van der Waals surface area contributed by atoms with Crippen LogP contribution in [0.25, 0.3) is 0 Å². The van der Waals surface area contributed by atoms with Gasteiger partial charge in [-0.25, -0.2) is 4.57 Å². The molecule has 5 nitrogen and oxygen atoms in total. The quantitative estimate of drug-likeness (QED) is 0.363. The molecule has 3 rings (SSSR count). The summed E-state index contributed by atoms with van der Waals surface area (Å²) in [7, 11) is -3.80. The molecular formula is C24H29ClNO4P. The van der Waals surface area contributed by atoms with Gasteiger partial charge in [0.05, 0.1) is 19.8 Å². The molecule has 0 amide bonds. The first-order chi connectivity index (χ1) is 14.5. The average molecular weight is 462 g/mol. The molecule has 1 atom stereocenters. The van der Waals surface area contributed by atoms with Crippen LogP contribution in [0.15, 0.2) is 84.9 Å². The maximum Gasteiger partial charge on any atom is 0.475 e. The van der Waals surface area contributed by atoms with Crippen LogP contribution in [0.5, 0.6) is 0 Å². The first-order valence-corrected chi connectivity index (χ1v) is 11.4. The Morgan fingerprint density at radius 3 is 1.81 bits per heavy atom. The van der Waals surface area contributed by atoms with E-state index >= 15 is 0 Å². The van der Waals surface area contributed by atoms with Crippen molar-refractivity contribution in [1.29, 1.82) is 0 Å². The smallest absolute Gasteiger partial charge is 0.325 e. The van der Waals surface area contributed by atoms with Crippen LogP contribution in [0.1, 0.15) is 22.3 Å². The Balaban J connectivity index is 0.00000341. The molecule has 2 N–H and O–H groups in total. The standard InChI is InChI=1S/C24H28NO4P.ClH/c1-20-9-8-14-23(15-20)16-24(25)19-29-30(26,27-17-21-10-4-2-5-11-21)28-18-22-12-6-3-7-13-22;/h2-15,24H,16-19,25H2,1H3;1H/t24-;/m1./s1. The third kappa shape index (κ3) is 8.96. The van der Waals surface area contributed by atoms with Crippen LogP contribution in [0.2, 0.25) is 0 Å². The predicted octanol–water partition coefficient (Wildman–Crippen LogP) is 5.84. The lowest BCUT2D eigenvalue weighted by atomic mass is 10.1. The van der Waals surface area contributed by atoms with Crippen molar-refractivity contribution in [3.63, 3.8) is 0 Å². The van der Waals surface area contributed by atoms with E-state index in [4.69, 9.17) is 19.3 Å². The fraction of sp³-hybridized carbons (Fsp3) is 0.250. The van der Waals surface area contributed by atoms with Crippen LogP contribution in [0.4, 0.5) is 0 Å². The summed E-state index contributed by atoms with van der Waals surface area (Å²) >= 11 is 0. The maximum atomic E-state index is 13.2. The summed E-state index contributed by atoms with van der Waals surface area (Å²) in [5.41, 5.74) is 10.3. The zero-order valence-corrected chi connectivity index (χ0v) is 19.3. The molecule has 0 aliphatic rings. The van der Waals surface area contributed by atoms with E-state index in [1.54, 1.807) is 0 Å². The molecule has 0 aliphatic carbocycles. The summed E-state index contributed by atoms with van der Waals surface area (Å²) in [5.74, 6) is 0. The van der Waals surface area contributed by atoms with Crippen molar-refractivity contribution in [1.82, 2.24) is 0 Å². The molecule has 0 aliphatic heterocycles. The van der Waals surface area contributed by atoms with Gasteiger partial charge in [0.2, 0.25) is 0 Å². The molecule has 3 aromatic rings. The van der Waals surface area contributed by atoms with Gasteiger partial charge in [0, 0.05) is 6.04 Å². The first kappa shape index (κ1) is 25.3. The number of phosphoric acid groups is 1. The van der Waals surface area contributed by atoms with E-state index in [1.165, 1.54) is 5.56 Å². The van der Waals surface area contributed by atoms with Crippen LogP contribution >= 0.6 is 20.2 Å². The third-order valence-corrected chi connectivity index (χ3v) is 5.85. The Kier molecular flexibility index (Phi) is 10.4. The molecular weight excluding hydrogens is 433 g/mol. The van der Waals surface area contributed by atoms with Crippen molar-refractivity contribution in [3.05, 3.63) is 107 Å². The lowest BCUT2D eigenvalue weighted by molar-refractivity contribution is 0.0983. The van der Waals surface area contributed by atoms with E-state index in [0.717, 1.165) is 16.7 Å². The molecule has 166 valence electrons.